The van der Waals surface area contributed by atoms with Gasteiger partial charge in [-0.15, -0.1) is 0 Å². The van der Waals surface area contributed by atoms with Crippen molar-refractivity contribution in [1.29, 1.82) is 0 Å². The predicted octanol–water partition coefficient (Wildman–Crippen LogP) is 4.90. The fourth-order valence-electron chi connectivity index (χ4n) is 5.08. The van der Waals surface area contributed by atoms with E-state index in [0.29, 0.717) is 48.4 Å². The molecule has 2 heterocycles. The maximum atomic E-state index is 12.9. The summed E-state index contributed by atoms with van der Waals surface area (Å²) in [5.41, 5.74) is 3.76. The van der Waals surface area contributed by atoms with Gasteiger partial charge in [0.15, 0.2) is 0 Å². The molecule has 0 aliphatic carbocycles. The molecule has 2 N–H and O–H groups in total. The van der Waals surface area contributed by atoms with Crippen molar-refractivity contribution in [3.05, 3.63) is 95.6 Å². The van der Waals surface area contributed by atoms with Gasteiger partial charge in [-0.3, -0.25) is 9.69 Å². The van der Waals surface area contributed by atoms with E-state index in [-0.39, 0.29) is 5.91 Å². The molecule has 7 nitrogen and oxygen atoms in total. The molecule has 5 rings (SSSR count). The van der Waals surface area contributed by atoms with Gasteiger partial charge in [-0.1, -0.05) is 46.8 Å². The second kappa shape index (κ2) is 11.7. The number of likely N-dealkylation sites (tertiary alicyclic amines) is 1. The van der Waals surface area contributed by atoms with Gasteiger partial charge < -0.3 is 10.1 Å². The van der Waals surface area contributed by atoms with E-state index in [0.717, 1.165) is 19.6 Å². The zero-order chi connectivity index (χ0) is 25.7. The van der Waals surface area contributed by atoms with E-state index >= 15 is 0 Å². The van der Waals surface area contributed by atoms with E-state index in [4.69, 9.17) is 4.74 Å². The summed E-state index contributed by atoms with van der Waals surface area (Å²) in [6, 6.07) is 25.0. The summed E-state index contributed by atoms with van der Waals surface area (Å²) in [5, 5.41) is 2.88. The Labute approximate surface area is 219 Å². The molecule has 1 amide bonds. The standard InChI is InChI=1S/C29H33N3O4S/c33-29(30-27-12-14-28(15-13-27)37(34,35)32-17-19-36-20-18-32)25-10-8-23(9-11-25)21-31-16-4-7-26(22-31)24-5-2-1-3-6-24/h1-3,5-6,8-15,26H,4,7,16-22H2,(H-,30,33,34,35)/p+1. The van der Waals surface area contributed by atoms with Gasteiger partial charge in [0.25, 0.3) is 5.91 Å². The van der Waals surface area contributed by atoms with E-state index in [2.05, 4.69) is 40.5 Å². The molecule has 3 aromatic carbocycles. The largest absolute Gasteiger partial charge is 0.378 e. The van der Waals surface area contributed by atoms with Gasteiger partial charge in [0.2, 0.25) is 4.90 Å². The van der Waals surface area contributed by atoms with Crippen molar-refractivity contribution in [3.8, 4) is 0 Å². The highest BCUT2D eigenvalue weighted by atomic mass is 32.3. The Balaban J connectivity index is 1.16. The summed E-state index contributed by atoms with van der Waals surface area (Å²) in [6.45, 7) is 4.72. The van der Waals surface area contributed by atoms with Crippen molar-refractivity contribution in [2.24, 2.45) is 0 Å². The van der Waals surface area contributed by atoms with Gasteiger partial charge in [0.1, 0.15) is 0 Å². The number of benzene rings is 3. The molecule has 0 aromatic heterocycles. The van der Waals surface area contributed by atoms with Crippen LogP contribution in [0.2, 0.25) is 0 Å². The average molecular weight is 521 g/mol. The summed E-state index contributed by atoms with van der Waals surface area (Å²) >= 11 is 0. The molecule has 0 bridgehead atoms. The quantitative estimate of drug-likeness (QED) is 0.433. The first kappa shape index (κ1) is 25.8. The van der Waals surface area contributed by atoms with Crippen LogP contribution in [0.5, 0.6) is 0 Å². The number of nitrogens with zero attached hydrogens (tertiary/aromatic N) is 2. The molecular formula is C29H34N3O4S+. The first-order chi connectivity index (χ1) is 18.0. The Morgan fingerprint density at radius 1 is 0.946 bits per heavy atom. The summed E-state index contributed by atoms with van der Waals surface area (Å²) in [7, 11) is -3.31. The minimum absolute atomic E-state index is 0.209. The second-order valence-electron chi connectivity index (χ2n) is 9.70. The molecule has 2 unspecified atom stereocenters. The molecule has 2 saturated heterocycles. The minimum atomic E-state index is -3.31. The van der Waals surface area contributed by atoms with Crippen molar-refractivity contribution in [1.82, 2.24) is 9.21 Å². The molecule has 8 heteroatoms. The van der Waals surface area contributed by atoms with Crippen LogP contribution < -0.4 is 5.32 Å². The topological polar surface area (TPSA) is 82.1 Å². The zero-order valence-electron chi connectivity index (χ0n) is 20.9. The highest BCUT2D eigenvalue weighted by molar-refractivity contribution is 7.95. The van der Waals surface area contributed by atoms with Gasteiger partial charge in [0.05, 0.1) is 26.3 Å². The maximum absolute atomic E-state index is 12.9. The molecule has 2 aliphatic rings. The SMILES string of the molecule is O=C(Nc1ccc([S+](=O)(O)N2CCOCC2)cc1)c1ccc(CN2CCCC(c3ccccc3)C2)cc1. The second-order valence-corrected chi connectivity index (χ2v) is 11.7. The lowest BCUT2D eigenvalue weighted by atomic mass is 9.90. The molecule has 2 fully saturated rings. The summed E-state index contributed by atoms with van der Waals surface area (Å²) in [6.07, 6.45) is 2.42. The number of carbonyl (C=O) groups excluding carboxylic acids is 1. The number of rotatable bonds is 7. The number of amides is 1. The van der Waals surface area contributed by atoms with E-state index in [9.17, 15) is 13.6 Å². The molecule has 37 heavy (non-hydrogen) atoms. The van der Waals surface area contributed by atoms with Crippen LogP contribution in [0.15, 0.2) is 83.8 Å². The first-order valence-corrected chi connectivity index (χ1v) is 14.3. The number of anilines is 1. The van der Waals surface area contributed by atoms with Crippen molar-refractivity contribution >= 4 is 22.0 Å². The Morgan fingerprint density at radius 3 is 2.35 bits per heavy atom. The average Bonchev–Trinajstić information content (AvgIpc) is 2.95. The van der Waals surface area contributed by atoms with Crippen LogP contribution in [0.4, 0.5) is 5.69 Å². The lowest BCUT2D eigenvalue weighted by molar-refractivity contribution is 0.0700. The first-order valence-electron chi connectivity index (χ1n) is 12.9. The molecule has 2 atom stereocenters. The monoisotopic (exact) mass is 520 g/mol. The van der Waals surface area contributed by atoms with E-state index in [1.165, 1.54) is 28.3 Å². The third-order valence-corrected chi connectivity index (χ3v) is 9.09. The molecule has 0 saturated carbocycles. The Hall–Kier alpha value is -2.88. The Morgan fingerprint density at radius 2 is 1.65 bits per heavy atom. The number of piperidine rings is 1. The van der Waals surface area contributed by atoms with Crippen LogP contribution in [0, 0.1) is 0 Å². The molecule has 194 valence electrons. The lowest BCUT2D eigenvalue weighted by Crippen LogP contribution is -2.43. The predicted molar refractivity (Wildman–Crippen MR) is 146 cm³/mol. The third kappa shape index (κ3) is 6.34. The molecule has 0 radical (unpaired) electrons. The number of hydrogen-bond acceptors (Lipinski definition) is 4. The van der Waals surface area contributed by atoms with Crippen LogP contribution in [0.3, 0.4) is 0 Å². The summed E-state index contributed by atoms with van der Waals surface area (Å²) in [5.74, 6) is 0.360. The zero-order valence-corrected chi connectivity index (χ0v) is 21.7. The lowest BCUT2D eigenvalue weighted by Gasteiger charge is -2.33. The maximum Gasteiger partial charge on any atom is 0.325 e. The molecule has 2 aliphatic heterocycles. The number of hydrogen-bond donors (Lipinski definition) is 2. The van der Waals surface area contributed by atoms with Crippen molar-refractivity contribution < 1.29 is 18.3 Å². The Kier molecular flexibility index (Phi) is 8.12. The summed E-state index contributed by atoms with van der Waals surface area (Å²) < 4.78 is 30.3. The highest BCUT2D eigenvalue weighted by Gasteiger charge is 2.39. The van der Waals surface area contributed by atoms with Gasteiger partial charge >= 0.3 is 10.4 Å². The number of carbonyl (C=O) groups is 1. The van der Waals surface area contributed by atoms with E-state index < -0.39 is 10.4 Å². The third-order valence-electron chi connectivity index (χ3n) is 7.14. The minimum Gasteiger partial charge on any atom is -0.378 e. The van der Waals surface area contributed by atoms with Crippen molar-refractivity contribution in [2.75, 3.05) is 44.7 Å². The molecule has 0 spiro atoms. The number of morpholine rings is 1. The van der Waals surface area contributed by atoms with Crippen LogP contribution in [0.1, 0.15) is 40.2 Å². The Bertz CT molecular complexity index is 1230. The normalized spacial score (nSPS) is 20.7. The smallest absolute Gasteiger partial charge is 0.325 e. The molecular weight excluding hydrogens is 486 g/mol. The summed E-state index contributed by atoms with van der Waals surface area (Å²) in [4.78, 5) is 15.6. The van der Waals surface area contributed by atoms with Crippen molar-refractivity contribution in [3.63, 3.8) is 0 Å². The number of nitrogens with one attached hydrogen (secondary N) is 1. The van der Waals surface area contributed by atoms with Gasteiger partial charge in [-0.2, -0.15) is 4.55 Å². The van der Waals surface area contributed by atoms with E-state index in [1.807, 2.05) is 24.3 Å². The highest BCUT2D eigenvalue weighted by Crippen LogP contribution is 2.28. The van der Waals surface area contributed by atoms with Crippen LogP contribution in [-0.4, -0.2) is 59.1 Å². The van der Waals surface area contributed by atoms with Crippen LogP contribution in [0.25, 0.3) is 0 Å². The number of ether oxygens (including phenoxy) is 1. The van der Waals surface area contributed by atoms with Crippen LogP contribution in [-0.2, 0) is 25.9 Å². The molecule has 3 aromatic rings. The van der Waals surface area contributed by atoms with Gasteiger partial charge in [0, 0.05) is 36.5 Å². The van der Waals surface area contributed by atoms with Gasteiger partial charge in [-0.25, -0.2) is 0 Å². The van der Waals surface area contributed by atoms with Crippen LogP contribution >= 0.6 is 0 Å². The van der Waals surface area contributed by atoms with Gasteiger partial charge in [-0.05, 0) is 64.9 Å². The fraction of sp³-hybridized carbons (Fsp3) is 0.345. The van der Waals surface area contributed by atoms with E-state index in [1.54, 1.807) is 24.3 Å². The fourth-order valence-corrected chi connectivity index (χ4v) is 6.51. The van der Waals surface area contributed by atoms with Crippen molar-refractivity contribution in [2.45, 2.75) is 30.2 Å².